The van der Waals surface area contributed by atoms with Crippen molar-refractivity contribution in [3.63, 3.8) is 0 Å². The van der Waals surface area contributed by atoms with Crippen LogP contribution in [-0.4, -0.2) is 98.9 Å². The van der Waals surface area contributed by atoms with Gasteiger partial charge in [0.1, 0.15) is 0 Å². The average Bonchev–Trinajstić information content (AvgIpc) is 2.97. The molecule has 0 N–H and O–H groups in total. The van der Waals surface area contributed by atoms with Crippen molar-refractivity contribution in [2.45, 2.75) is 162 Å². The number of unbranched alkanes of at least 4 members (excludes halogenated alkanes) is 16. The molecule has 0 rings (SSSR count). The molecule has 0 spiro atoms. The first-order chi connectivity index (χ1) is 20.8. The van der Waals surface area contributed by atoms with E-state index in [2.05, 4.69) is 61.6 Å². The maximum Gasteiger partial charge on any atom is 0.222 e. The zero-order chi connectivity index (χ0) is 32.0. The summed E-state index contributed by atoms with van der Waals surface area (Å²) in [5.74, 6) is 0.615. The normalized spacial score (nSPS) is 11.5. The molecule has 0 saturated carbocycles. The maximum absolute atomic E-state index is 13.2. The predicted molar refractivity (Wildman–Crippen MR) is 188 cm³/mol. The summed E-state index contributed by atoms with van der Waals surface area (Å²) in [6.45, 7) is 9.69. The first-order valence-corrected chi connectivity index (χ1v) is 18.7. The first-order valence-electron chi connectivity index (χ1n) is 18.7. The largest absolute Gasteiger partial charge is 0.343 e. The Kier molecular flexibility index (Phi) is 30.0. The molecule has 0 aromatic rings. The Morgan fingerprint density at radius 1 is 0.349 bits per heavy atom. The number of nitrogens with zero attached hydrogens (tertiary/aromatic N) is 4. The van der Waals surface area contributed by atoms with Crippen LogP contribution >= 0.6 is 0 Å². The Morgan fingerprint density at radius 2 is 0.605 bits per heavy atom. The van der Waals surface area contributed by atoms with Crippen molar-refractivity contribution >= 4 is 11.8 Å². The summed E-state index contributed by atoms with van der Waals surface area (Å²) in [5.41, 5.74) is 0. The van der Waals surface area contributed by atoms with E-state index >= 15 is 0 Å². The van der Waals surface area contributed by atoms with E-state index in [1.54, 1.807) is 0 Å². The fourth-order valence-electron chi connectivity index (χ4n) is 5.82. The van der Waals surface area contributed by atoms with E-state index in [1.165, 1.54) is 89.9 Å². The van der Waals surface area contributed by atoms with Gasteiger partial charge in [-0.2, -0.15) is 0 Å². The summed E-state index contributed by atoms with van der Waals surface area (Å²) in [5, 5.41) is 0. The highest BCUT2D eigenvalue weighted by Gasteiger charge is 2.17. The molecule has 0 bridgehead atoms. The van der Waals surface area contributed by atoms with Crippen molar-refractivity contribution < 1.29 is 9.59 Å². The lowest BCUT2D eigenvalue weighted by molar-refractivity contribution is -0.132. The van der Waals surface area contributed by atoms with Crippen LogP contribution in [0.5, 0.6) is 0 Å². The summed E-state index contributed by atoms with van der Waals surface area (Å²) in [6.07, 6.45) is 27.1. The second kappa shape index (κ2) is 30.9. The fourth-order valence-corrected chi connectivity index (χ4v) is 5.82. The molecular weight excluding hydrogens is 532 g/mol. The number of carbonyl (C=O) groups excluding carboxylic acids is 2. The number of amides is 2. The molecule has 0 unspecified atom stereocenters. The van der Waals surface area contributed by atoms with Gasteiger partial charge in [-0.15, -0.1) is 0 Å². The van der Waals surface area contributed by atoms with Gasteiger partial charge in [-0.05, 0) is 73.4 Å². The molecular formula is C37H76N4O2. The average molecular weight is 609 g/mol. The van der Waals surface area contributed by atoms with Gasteiger partial charge in [0.05, 0.1) is 0 Å². The lowest BCUT2D eigenvalue weighted by Crippen LogP contribution is -2.38. The molecule has 0 aromatic carbocycles. The molecule has 0 aliphatic heterocycles. The zero-order valence-corrected chi connectivity index (χ0v) is 30.1. The lowest BCUT2D eigenvalue weighted by Gasteiger charge is -2.27. The summed E-state index contributed by atoms with van der Waals surface area (Å²) >= 11 is 0. The third-order valence-corrected chi connectivity index (χ3v) is 8.62. The van der Waals surface area contributed by atoms with Crippen LogP contribution in [0.4, 0.5) is 0 Å². The van der Waals surface area contributed by atoms with Gasteiger partial charge in [0.2, 0.25) is 11.8 Å². The van der Waals surface area contributed by atoms with Crippen molar-refractivity contribution in [1.29, 1.82) is 0 Å². The van der Waals surface area contributed by atoms with Gasteiger partial charge in [0.15, 0.2) is 0 Å². The number of rotatable bonds is 32. The lowest BCUT2D eigenvalue weighted by atomic mass is 10.1. The van der Waals surface area contributed by atoms with Crippen LogP contribution in [0.25, 0.3) is 0 Å². The van der Waals surface area contributed by atoms with Crippen molar-refractivity contribution in [2.24, 2.45) is 0 Å². The third kappa shape index (κ3) is 28.1. The number of carbonyl (C=O) groups is 2. The highest BCUT2D eigenvalue weighted by atomic mass is 16.2. The van der Waals surface area contributed by atoms with Crippen LogP contribution in [0.1, 0.15) is 162 Å². The van der Waals surface area contributed by atoms with Crippen LogP contribution in [0.2, 0.25) is 0 Å². The highest BCUT2D eigenvalue weighted by molar-refractivity contribution is 5.76. The van der Waals surface area contributed by atoms with Crippen molar-refractivity contribution in [1.82, 2.24) is 19.6 Å². The second-order valence-corrected chi connectivity index (χ2v) is 13.6. The molecule has 256 valence electrons. The molecule has 6 nitrogen and oxygen atoms in total. The zero-order valence-electron chi connectivity index (χ0n) is 30.1. The van der Waals surface area contributed by atoms with Crippen molar-refractivity contribution in [3.05, 3.63) is 0 Å². The van der Waals surface area contributed by atoms with E-state index in [0.29, 0.717) is 24.7 Å². The molecule has 0 aromatic heterocycles. The summed E-state index contributed by atoms with van der Waals surface area (Å²) in [4.78, 5) is 35.0. The summed E-state index contributed by atoms with van der Waals surface area (Å²) in [7, 11) is 8.39. The van der Waals surface area contributed by atoms with E-state index < -0.39 is 0 Å². The molecule has 0 fully saturated rings. The molecule has 0 aliphatic carbocycles. The Bertz CT molecular complexity index is 574. The molecule has 0 aliphatic rings. The summed E-state index contributed by atoms with van der Waals surface area (Å²) in [6, 6.07) is 0. The van der Waals surface area contributed by atoms with Gasteiger partial charge in [0, 0.05) is 39.0 Å². The Morgan fingerprint density at radius 3 is 0.884 bits per heavy atom. The Labute approximate surface area is 269 Å². The molecule has 2 amide bonds. The van der Waals surface area contributed by atoms with Gasteiger partial charge in [-0.25, -0.2) is 0 Å². The van der Waals surface area contributed by atoms with Crippen LogP contribution < -0.4 is 0 Å². The van der Waals surface area contributed by atoms with Gasteiger partial charge in [-0.1, -0.05) is 117 Å². The van der Waals surface area contributed by atoms with E-state index in [-0.39, 0.29) is 0 Å². The second-order valence-electron chi connectivity index (χ2n) is 13.6. The first kappa shape index (κ1) is 41.9. The van der Waals surface area contributed by atoms with E-state index in [1.807, 2.05) is 0 Å². The van der Waals surface area contributed by atoms with Gasteiger partial charge < -0.3 is 19.6 Å². The van der Waals surface area contributed by atoms with Crippen LogP contribution in [-0.2, 0) is 9.59 Å². The highest BCUT2D eigenvalue weighted by Crippen LogP contribution is 2.14. The predicted octanol–water partition coefficient (Wildman–Crippen LogP) is 8.78. The topological polar surface area (TPSA) is 47.1 Å². The number of hydrogen-bond acceptors (Lipinski definition) is 4. The van der Waals surface area contributed by atoms with Gasteiger partial charge >= 0.3 is 0 Å². The minimum Gasteiger partial charge on any atom is -0.343 e. The molecule has 0 heterocycles. The smallest absolute Gasteiger partial charge is 0.222 e. The van der Waals surface area contributed by atoms with E-state index in [0.717, 1.165) is 84.2 Å². The monoisotopic (exact) mass is 609 g/mol. The van der Waals surface area contributed by atoms with Crippen molar-refractivity contribution in [2.75, 3.05) is 67.5 Å². The van der Waals surface area contributed by atoms with Crippen LogP contribution in [0.15, 0.2) is 0 Å². The van der Waals surface area contributed by atoms with Crippen LogP contribution in [0, 0.1) is 0 Å². The summed E-state index contributed by atoms with van der Waals surface area (Å²) < 4.78 is 0. The molecule has 0 atom stereocenters. The quantitative estimate of drug-likeness (QED) is 0.0716. The van der Waals surface area contributed by atoms with E-state index in [4.69, 9.17) is 0 Å². The van der Waals surface area contributed by atoms with Gasteiger partial charge in [0.25, 0.3) is 0 Å². The third-order valence-electron chi connectivity index (χ3n) is 8.62. The maximum atomic E-state index is 13.2. The fraction of sp³-hybridized carbons (Fsp3) is 0.946. The minimum absolute atomic E-state index is 0.307. The number of hydrogen-bond donors (Lipinski definition) is 0. The Balaban J connectivity index is 4.65. The SMILES string of the molecule is CCCCCCCCCCCC(=O)N(CCCN(C)C)CCCN(CCCN(C)C)C(=O)CCCCCCCCCCC. The van der Waals surface area contributed by atoms with E-state index in [9.17, 15) is 9.59 Å². The molecule has 43 heavy (non-hydrogen) atoms. The van der Waals surface area contributed by atoms with Gasteiger partial charge in [-0.3, -0.25) is 9.59 Å². The van der Waals surface area contributed by atoms with Crippen molar-refractivity contribution in [3.8, 4) is 0 Å². The standard InChI is InChI=1S/C37H76N4O2/c1-7-9-11-13-15-17-19-21-23-28-36(42)40(32-25-30-38(3)4)34-27-35-41(33-26-31-39(5)6)37(43)29-24-22-20-18-16-14-12-10-8-2/h7-35H2,1-6H3. The Hall–Kier alpha value is -1.14. The molecule has 6 heteroatoms. The molecule has 0 radical (unpaired) electrons. The molecule has 0 saturated heterocycles. The van der Waals surface area contributed by atoms with Crippen LogP contribution in [0.3, 0.4) is 0 Å². The minimum atomic E-state index is 0.307.